The first-order valence-corrected chi connectivity index (χ1v) is 7.43. The Kier molecular flexibility index (Phi) is 4.11. The molecule has 3 rings (SSSR count). The van der Waals surface area contributed by atoms with E-state index in [9.17, 15) is 0 Å². The zero-order valence-corrected chi connectivity index (χ0v) is 12.8. The van der Waals surface area contributed by atoms with Crippen LogP contribution in [0.25, 0.3) is 10.9 Å². The van der Waals surface area contributed by atoms with Gasteiger partial charge in [-0.15, -0.1) is 0 Å². The minimum Gasteiger partial charge on any atom is -0.324 e. The van der Waals surface area contributed by atoms with Crippen LogP contribution in [-0.4, -0.2) is 4.98 Å². The second kappa shape index (κ2) is 6.02. The van der Waals surface area contributed by atoms with Gasteiger partial charge in [0.05, 0.1) is 15.6 Å². The molecule has 0 aliphatic carbocycles. The molecule has 2 nitrogen and oxygen atoms in total. The lowest BCUT2D eigenvalue weighted by molar-refractivity contribution is 0.720. The number of rotatable bonds is 3. The third kappa shape index (κ3) is 3.18. The molecule has 0 saturated heterocycles. The monoisotopic (exact) mass is 316 g/mol. The highest BCUT2D eigenvalue weighted by molar-refractivity contribution is 6.42. The van der Waals surface area contributed by atoms with Gasteiger partial charge >= 0.3 is 0 Å². The van der Waals surface area contributed by atoms with Crippen LogP contribution in [0.5, 0.6) is 0 Å². The average Bonchev–Trinajstić information content (AvgIpc) is 2.50. The standard InChI is InChI=1S/C17H14Cl2N2/c18-14-6-5-11(7-15(14)19)8-16(20)13-9-12-3-1-2-4-17(12)21-10-13/h1-7,9-10,16H,8,20H2. The topological polar surface area (TPSA) is 38.9 Å². The number of hydrogen-bond acceptors (Lipinski definition) is 2. The first-order chi connectivity index (χ1) is 10.1. The van der Waals surface area contributed by atoms with E-state index < -0.39 is 0 Å². The fourth-order valence-corrected chi connectivity index (χ4v) is 2.65. The van der Waals surface area contributed by atoms with Crippen LogP contribution < -0.4 is 5.73 Å². The van der Waals surface area contributed by atoms with Crippen LogP contribution in [0.4, 0.5) is 0 Å². The van der Waals surface area contributed by atoms with Crippen LogP contribution in [0.15, 0.2) is 54.7 Å². The summed E-state index contributed by atoms with van der Waals surface area (Å²) in [5.41, 5.74) is 9.34. The average molecular weight is 317 g/mol. The van der Waals surface area contributed by atoms with Crippen LogP contribution >= 0.6 is 23.2 Å². The maximum atomic E-state index is 6.29. The second-order valence-corrected chi connectivity index (χ2v) is 5.83. The van der Waals surface area contributed by atoms with Crippen molar-refractivity contribution in [2.45, 2.75) is 12.5 Å². The van der Waals surface area contributed by atoms with E-state index in [0.29, 0.717) is 16.5 Å². The van der Waals surface area contributed by atoms with E-state index in [1.807, 2.05) is 42.6 Å². The Morgan fingerprint density at radius 1 is 1.00 bits per heavy atom. The van der Waals surface area contributed by atoms with Gasteiger partial charge in [0.15, 0.2) is 0 Å². The summed E-state index contributed by atoms with van der Waals surface area (Å²) < 4.78 is 0. The molecule has 1 heterocycles. The molecule has 0 radical (unpaired) electrons. The summed E-state index contributed by atoms with van der Waals surface area (Å²) in [4.78, 5) is 4.45. The third-order valence-electron chi connectivity index (χ3n) is 3.48. The fraction of sp³-hybridized carbons (Fsp3) is 0.118. The Labute approximate surface area is 133 Å². The van der Waals surface area contributed by atoms with Crippen molar-refractivity contribution in [1.29, 1.82) is 0 Å². The van der Waals surface area contributed by atoms with Gasteiger partial charge in [0.1, 0.15) is 0 Å². The summed E-state index contributed by atoms with van der Waals surface area (Å²) in [5.74, 6) is 0. The van der Waals surface area contributed by atoms with Crippen molar-refractivity contribution in [3.05, 3.63) is 75.9 Å². The highest BCUT2D eigenvalue weighted by Crippen LogP contribution is 2.25. The van der Waals surface area contributed by atoms with Crippen LogP contribution in [0.1, 0.15) is 17.2 Å². The number of nitrogens with zero attached hydrogens (tertiary/aromatic N) is 1. The molecule has 0 bridgehead atoms. The van der Waals surface area contributed by atoms with Crippen LogP contribution in [0, 0.1) is 0 Å². The second-order valence-electron chi connectivity index (χ2n) is 5.02. The predicted molar refractivity (Wildman–Crippen MR) is 88.8 cm³/mol. The number of benzene rings is 2. The van der Waals surface area contributed by atoms with Crippen molar-refractivity contribution < 1.29 is 0 Å². The van der Waals surface area contributed by atoms with E-state index in [1.165, 1.54) is 0 Å². The summed E-state index contributed by atoms with van der Waals surface area (Å²) >= 11 is 12.0. The molecule has 0 aliphatic rings. The van der Waals surface area contributed by atoms with Crippen LogP contribution in [0.2, 0.25) is 10.0 Å². The highest BCUT2D eigenvalue weighted by atomic mass is 35.5. The van der Waals surface area contributed by atoms with Gasteiger partial charge in [-0.2, -0.15) is 0 Å². The lowest BCUT2D eigenvalue weighted by Gasteiger charge is -2.13. The number of fused-ring (bicyclic) bond motifs is 1. The van der Waals surface area contributed by atoms with E-state index >= 15 is 0 Å². The Morgan fingerprint density at radius 2 is 1.81 bits per heavy atom. The maximum absolute atomic E-state index is 6.29. The smallest absolute Gasteiger partial charge is 0.0702 e. The largest absolute Gasteiger partial charge is 0.324 e. The molecule has 1 aromatic heterocycles. The molecule has 3 aromatic rings. The lowest BCUT2D eigenvalue weighted by atomic mass is 10.00. The summed E-state index contributed by atoms with van der Waals surface area (Å²) in [6.07, 6.45) is 2.53. The predicted octanol–water partition coefficient (Wildman–Crippen LogP) is 4.78. The summed E-state index contributed by atoms with van der Waals surface area (Å²) in [7, 11) is 0. The maximum Gasteiger partial charge on any atom is 0.0702 e. The van der Waals surface area contributed by atoms with E-state index in [2.05, 4.69) is 11.1 Å². The van der Waals surface area contributed by atoms with Crippen molar-refractivity contribution in [2.24, 2.45) is 5.73 Å². The van der Waals surface area contributed by atoms with Gasteiger partial charge in [-0.05, 0) is 41.8 Å². The summed E-state index contributed by atoms with van der Waals surface area (Å²) in [5, 5.41) is 2.21. The number of hydrogen-bond donors (Lipinski definition) is 1. The number of para-hydroxylation sites is 1. The zero-order valence-electron chi connectivity index (χ0n) is 11.3. The SMILES string of the molecule is NC(Cc1ccc(Cl)c(Cl)c1)c1cnc2ccccc2c1. The van der Waals surface area contributed by atoms with Crippen molar-refractivity contribution >= 4 is 34.1 Å². The van der Waals surface area contributed by atoms with Gasteiger partial charge in [0.2, 0.25) is 0 Å². The van der Waals surface area contributed by atoms with E-state index in [0.717, 1.165) is 22.0 Å². The Balaban J connectivity index is 1.85. The van der Waals surface area contributed by atoms with Crippen LogP contribution in [0.3, 0.4) is 0 Å². The number of nitrogens with two attached hydrogens (primary N) is 1. The van der Waals surface area contributed by atoms with Crippen molar-refractivity contribution in [2.75, 3.05) is 0 Å². The lowest BCUT2D eigenvalue weighted by Crippen LogP contribution is -2.13. The Morgan fingerprint density at radius 3 is 2.62 bits per heavy atom. The van der Waals surface area contributed by atoms with E-state index in [-0.39, 0.29) is 6.04 Å². The minimum atomic E-state index is -0.126. The molecular formula is C17H14Cl2N2. The molecular weight excluding hydrogens is 303 g/mol. The van der Waals surface area contributed by atoms with Gasteiger partial charge in [0, 0.05) is 17.6 Å². The van der Waals surface area contributed by atoms with Crippen LogP contribution in [-0.2, 0) is 6.42 Å². The quantitative estimate of drug-likeness (QED) is 0.755. The number of halogens is 2. The molecule has 21 heavy (non-hydrogen) atoms. The molecule has 0 amide bonds. The van der Waals surface area contributed by atoms with Crippen molar-refractivity contribution in [3.8, 4) is 0 Å². The van der Waals surface area contributed by atoms with Gasteiger partial charge in [-0.3, -0.25) is 4.98 Å². The molecule has 2 N–H and O–H groups in total. The van der Waals surface area contributed by atoms with Gasteiger partial charge in [0.25, 0.3) is 0 Å². The normalized spacial score (nSPS) is 12.5. The molecule has 1 atom stereocenters. The molecule has 0 spiro atoms. The summed E-state index contributed by atoms with van der Waals surface area (Å²) in [6, 6.07) is 15.6. The summed E-state index contributed by atoms with van der Waals surface area (Å²) in [6.45, 7) is 0. The Bertz CT molecular complexity index is 787. The highest BCUT2D eigenvalue weighted by Gasteiger charge is 2.10. The molecule has 1 unspecified atom stereocenters. The zero-order chi connectivity index (χ0) is 14.8. The molecule has 2 aromatic carbocycles. The van der Waals surface area contributed by atoms with Gasteiger partial charge < -0.3 is 5.73 Å². The Hall–Kier alpha value is -1.61. The number of pyridine rings is 1. The molecule has 0 saturated carbocycles. The number of aromatic nitrogens is 1. The van der Waals surface area contributed by atoms with Crippen molar-refractivity contribution in [1.82, 2.24) is 4.98 Å². The van der Waals surface area contributed by atoms with E-state index in [4.69, 9.17) is 28.9 Å². The van der Waals surface area contributed by atoms with Gasteiger partial charge in [-0.25, -0.2) is 0 Å². The third-order valence-corrected chi connectivity index (χ3v) is 4.22. The molecule has 4 heteroatoms. The van der Waals surface area contributed by atoms with E-state index in [1.54, 1.807) is 6.07 Å². The van der Waals surface area contributed by atoms with Gasteiger partial charge in [-0.1, -0.05) is 47.5 Å². The first kappa shape index (κ1) is 14.3. The molecule has 0 aliphatic heterocycles. The first-order valence-electron chi connectivity index (χ1n) is 6.67. The van der Waals surface area contributed by atoms with Crippen molar-refractivity contribution in [3.63, 3.8) is 0 Å². The minimum absolute atomic E-state index is 0.126. The molecule has 0 fully saturated rings. The molecule has 106 valence electrons. The fourth-order valence-electron chi connectivity index (χ4n) is 2.33.